The van der Waals surface area contributed by atoms with E-state index in [1.54, 1.807) is 0 Å². The number of unbranched alkanes of at least 4 members (excludes halogenated alkanes) is 14. The van der Waals surface area contributed by atoms with Crippen molar-refractivity contribution in [3.05, 3.63) is 0 Å². The van der Waals surface area contributed by atoms with Crippen molar-refractivity contribution < 1.29 is 26.2 Å². The van der Waals surface area contributed by atoms with E-state index in [2.05, 4.69) is 11.6 Å². The van der Waals surface area contributed by atoms with E-state index in [1.165, 1.54) is 97.9 Å². The Balaban J connectivity index is 0. The van der Waals surface area contributed by atoms with Crippen LogP contribution in [0.25, 0.3) is 0 Å². The maximum Gasteiger partial charge on any atom is 0.325 e. The van der Waals surface area contributed by atoms with Gasteiger partial charge in [0.05, 0.1) is 0 Å². The van der Waals surface area contributed by atoms with Crippen LogP contribution in [0, 0.1) is 0 Å². The van der Waals surface area contributed by atoms with Gasteiger partial charge in [0.1, 0.15) is 0 Å². The van der Waals surface area contributed by atoms with Gasteiger partial charge in [-0.1, -0.05) is 96.8 Å². The van der Waals surface area contributed by atoms with E-state index in [0.717, 1.165) is 6.42 Å². The molecule has 0 aliphatic rings. The van der Waals surface area contributed by atoms with Gasteiger partial charge in [0.2, 0.25) is 0 Å². The average Bonchev–Trinajstić information content (AvgIpc) is 2.50. The minimum atomic E-state index is -0.0651. The van der Waals surface area contributed by atoms with Crippen LogP contribution >= 0.6 is 0 Å². The standard InChI is InChI=1S/C18H37BO2.Co/c1-2-3-4-5-6-7-8-9-10-11-12-13-14-15-16-17-18(20)21-19;/h2-17,19H2,1H3;. The fraction of sp³-hybridized carbons (Fsp3) is 0.944. The van der Waals surface area contributed by atoms with E-state index < -0.39 is 0 Å². The van der Waals surface area contributed by atoms with Crippen molar-refractivity contribution in [1.82, 2.24) is 0 Å². The first kappa shape index (κ1) is 24.3. The molecule has 1 radical (unpaired) electrons. The number of rotatable bonds is 16. The molecule has 0 atom stereocenters. The van der Waals surface area contributed by atoms with Gasteiger partial charge in [-0.3, -0.25) is 4.79 Å². The molecule has 2 nitrogen and oxygen atoms in total. The molecular formula is C18H37BCoO2. The van der Waals surface area contributed by atoms with Gasteiger partial charge >= 0.3 is 8.05 Å². The molecule has 0 aromatic heterocycles. The maximum absolute atomic E-state index is 10.9. The molecule has 0 aromatic rings. The zero-order chi connectivity index (χ0) is 15.6. The quantitative estimate of drug-likeness (QED) is 0.276. The van der Waals surface area contributed by atoms with E-state index in [1.807, 2.05) is 0 Å². The molecule has 0 spiro atoms. The summed E-state index contributed by atoms with van der Waals surface area (Å²) in [6, 6.07) is 0. The summed E-state index contributed by atoms with van der Waals surface area (Å²) in [6.45, 7) is 2.28. The Morgan fingerprint density at radius 2 is 1.00 bits per heavy atom. The molecule has 0 unspecified atom stereocenters. The molecule has 133 valence electrons. The van der Waals surface area contributed by atoms with E-state index in [9.17, 15) is 4.79 Å². The molecule has 0 fully saturated rings. The number of hydrogen-bond acceptors (Lipinski definition) is 2. The normalized spacial score (nSPS) is 10.2. The summed E-state index contributed by atoms with van der Waals surface area (Å²) in [4.78, 5) is 10.9. The van der Waals surface area contributed by atoms with Crippen LogP contribution in [0.2, 0.25) is 0 Å². The largest absolute Gasteiger partial charge is 0.543 e. The summed E-state index contributed by atoms with van der Waals surface area (Å²) in [5.41, 5.74) is 0. The molecule has 0 saturated carbocycles. The second-order valence-electron chi connectivity index (χ2n) is 6.28. The Kier molecular flexibility index (Phi) is 23.2. The molecule has 0 aliphatic heterocycles. The molecular weight excluding hydrogens is 318 g/mol. The van der Waals surface area contributed by atoms with Crippen LogP contribution in [0.15, 0.2) is 0 Å². The van der Waals surface area contributed by atoms with Crippen molar-refractivity contribution in [2.45, 2.75) is 110 Å². The van der Waals surface area contributed by atoms with Crippen LogP contribution in [-0.4, -0.2) is 14.0 Å². The van der Waals surface area contributed by atoms with Crippen LogP contribution in [-0.2, 0) is 26.2 Å². The first-order chi connectivity index (χ1) is 10.3. The predicted molar refractivity (Wildman–Crippen MR) is 94.2 cm³/mol. The third-order valence-electron chi connectivity index (χ3n) is 4.21. The number of carbonyl (C=O) groups is 1. The first-order valence-corrected chi connectivity index (χ1v) is 9.38. The van der Waals surface area contributed by atoms with Crippen LogP contribution in [0.4, 0.5) is 0 Å². The predicted octanol–water partition coefficient (Wildman–Crippen LogP) is 5.34. The molecule has 0 aromatic carbocycles. The molecule has 0 N–H and O–H groups in total. The van der Waals surface area contributed by atoms with Crippen molar-refractivity contribution in [2.24, 2.45) is 0 Å². The Hall–Kier alpha value is 0.0414. The van der Waals surface area contributed by atoms with E-state index in [0.29, 0.717) is 6.42 Å². The molecule has 0 saturated heterocycles. The summed E-state index contributed by atoms with van der Waals surface area (Å²) in [7, 11) is 1.47. The fourth-order valence-corrected chi connectivity index (χ4v) is 2.74. The minimum absolute atomic E-state index is 0. The number of carbonyl (C=O) groups excluding carboxylic acids is 1. The first-order valence-electron chi connectivity index (χ1n) is 9.38. The third-order valence-corrected chi connectivity index (χ3v) is 4.21. The summed E-state index contributed by atoms with van der Waals surface area (Å²) in [6.07, 6.45) is 20.9. The summed E-state index contributed by atoms with van der Waals surface area (Å²) >= 11 is 0. The van der Waals surface area contributed by atoms with Gasteiger partial charge in [-0.25, -0.2) is 0 Å². The van der Waals surface area contributed by atoms with Crippen LogP contribution < -0.4 is 0 Å². The van der Waals surface area contributed by atoms with E-state index in [-0.39, 0.29) is 22.7 Å². The van der Waals surface area contributed by atoms with Gasteiger partial charge in [0.25, 0.3) is 5.97 Å². The molecule has 0 aliphatic carbocycles. The van der Waals surface area contributed by atoms with Crippen molar-refractivity contribution in [3.8, 4) is 0 Å². The van der Waals surface area contributed by atoms with Crippen molar-refractivity contribution >= 4 is 14.0 Å². The van der Waals surface area contributed by atoms with Gasteiger partial charge in [0, 0.05) is 23.2 Å². The maximum atomic E-state index is 10.9. The Labute approximate surface area is 150 Å². The monoisotopic (exact) mass is 355 g/mol. The third kappa shape index (κ3) is 20.0. The Bertz CT molecular complexity index is 225. The molecule has 22 heavy (non-hydrogen) atoms. The molecule has 0 rings (SSSR count). The summed E-state index contributed by atoms with van der Waals surface area (Å²) < 4.78 is 4.63. The molecule has 0 bridgehead atoms. The van der Waals surface area contributed by atoms with Gasteiger partial charge in [-0.15, -0.1) is 0 Å². The average molecular weight is 355 g/mol. The Morgan fingerprint density at radius 1 is 0.682 bits per heavy atom. The van der Waals surface area contributed by atoms with Crippen molar-refractivity contribution in [2.75, 3.05) is 0 Å². The topological polar surface area (TPSA) is 26.3 Å². The SMILES string of the molecule is BOC(=O)CCCCCCCCCCCCCCCCC.[Co]. The molecule has 0 heterocycles. The van der Waals surface area contributed by atoms with Gasteiger partial charge in [0.15, 0.2) is 0 Å². The van der Waals surface area contributed by atoms with Gasteiger partial charge < -0.3 is 4.65 Å². The molecule has 0 amide bonds. The zero-order valence-electron chi connectivity index (χ0n) is 15.0. The van der Waals surface area contributed by atoms with Gasteiger partial charge in [-0.05, 0) is 6.42 Å². The smallest absolute Gasteiger partial charge is 0.325 e. The Morgan fingerprint density at radius 3 is 1.32 bits per heavy atom. The summed E-state index contributed by atoms with van der Waals surface area (Å²) in [5.74, 6) is -0.0651. The molecule has 4 heteroatoms. The van der Waals surface area contributed by atoms with Crippen LogP contribution in [0.1, 0.15) is 110 Å². The van der Waals surface area contributed by atoms with Gasteiger partial charge in [-0.2, -0.15) is 0 Å². The van der Waals surface area contributed by atoms with Crippen LogP contribution in [0.5, 0.6) is 0 Å². The minimum Gasteiger partial charge on any atom is -0.543 e. The van der Waals surface area contributed by atoms with Crippen molar-refractivity contribution in [3.63, 3.8) is 0 Å². The van der Waals surface area contributed by atoms with Crippen molar-refractivity contribution in [1.29, 1.82) is 0 Å². The fourth-order valence-electron chi connectivity index (χ4n) is 2.74. The zero-order valence-corrected chi connectivity index (χ0v) is 16.0. The number of hydrogen-bond donors (Lipinski definition) is 0. The van der Waals surface area contributed by atoms with E-state index in [4.69, 9.17) is 0 Å². The summed E-state index contributed by atoms with van der Waals surface area (Å²) in [5, 5.41) is 0. The second kappa shape index (κ2) is 21.0. The van der Waals surface area contributed by atoms with Crippen LogP contribution in [0.3, 0.4) is 0 Å². The van der Waals surface area contributed by atoms with E-state index >= 15 is 0 Å². The second-order valence-corrected chi connectivity index (χ2v) is 6.28.